The minimum atomic E-state index is 0.0693. The van der Waals surface area contributed by atoms with Gasteiger partial charge < -0.3 is 4.74 Å². The SMILES string of the molecule is CC(=O)c1ccc(Oc2ccc(SC3CCCC3)cc2)cc1. The fourth-order valence-electron chi connectivity index (χ4n) is 2.68. The van der Waals surface area contributed by atoms with Crippen molar-refractivity contribution >= 4 is 17.5 Å². The summed E-state index contributed by atoms with van der Waals surface area (Å²) in [5.74, 6) is 1.65. The number of carbonyl (C=O) groups excluding carboxylic acids is 1. The van der Waals surface area contributed by atoms with Gasteiger partial charge in [0.2, 0.25) is 0 Å². The molecule has 0 N–H and O–H groups in total. The molecule has 2 aromatic rings. The summed E-state index contributed by atoms with van der Waals surface area (Å²) in [6, 6.07) is 15.5. The average molecular weight is 312 g/mol. The van der Waals surface area contributed by atoms with Gasteiger partial charge in [-0.25, -0.2) is 0 Å². The molecule has 22 heavy (non-hydrogen) atoms. The minimum absolute atomic E-state index is 0.0693. The summed E-state index contributed by atoms with van der Waals surface area (Å²) < 4.78 is 5.82. The normalized spacial score (nSPS) is 15.0. The van der Waals surface area contributed by atoms with Gasteiger partial charge in [-0.3, -0.25) is 4.79 Å². The number of ether oxygens (including phenoxy) is 1. The molecule has 0 amide bonds. The Balaban J connectivity index is 1.61. The molecule has 0 saturated heterocycles. The van der Waals surface area contributed by atoms with Crippen LogP contribution in [0.5, 0.6) is 11.5 Å². The molecule has 0 atom stereocenters. The van der Waals surface area contributed by atoms with Crippen LogP contribution in [0.4, 0.5) is 0 Å². The number of hydrogen-bond donors (Lipinski definition) is 0. The van der Waals surface area contributed by atoms with Gasteiger partial charge in [0.15, 0.2) is 5.78 Å². The summed E-state index contributed by atoms with van der Waals surface area (Å²) >= 11 is 1.98. The Kier molecular flexibility index (Phi) is 4.84. The monoisotopic (exact) mass is 312 g/mol. The molecule has 2 nitrogen and oxygen atoms in total. The second-order valence-electron chi connectivity index (χ2n) is 5.68. The number of hydrogen-bond acceptors (Lipinski definition) is 3. The standard InChI is InChI=1S/C19H20O2S/c1-14(20)15-6-8-16(9-7-15)21-17-10-12-19(13-11-17)22-18-4-2-3-5-18/h6-13,18H,2-5H2,1H3. The molecule has 0 spiro atoms. The number of ketones is 1. The van der Waals surface area contributed by atoms with Crippen molar-refractivity contribution in [1.82, 2.24) is 0 Å². The van der Waals surface area contributed by atoms with Crippen LogP contribution < -0.4 is 4.74 Å². The number of rotatable bonds is 5. The smallest absolute Gasteiger partial charge is 0.159 e. The molecule has 1 fully saturated rings. The highest BCUT2D eigenvalue weighted by Crippen LogP contribution is 2.35. The lowest BCUT2D eigenvalue weighted by molar-refractivity contribution is 0.101. The first-order valence-corrected chi connectivity index (χ1v) is 8.64. The van der Waals surface area contributed by atoms with E-state index < -0.39 is 0 Å². The quantitative estimate of drug-likeness (QED) is 0.661. The lowest BCUT2D eigenvalue weighted by Crippen LogP contribution is -1.93. The number of carbonyl (C=O) groups is 1. The van der Waals surface area contributed by atoms with E-state index in [2.05, 4.69) is 12.1 Å². The first-order valence-electron chi connectivity index (χ1n) is 7.76. The third-order valence-corrected chi connectivity index (χ3v) is 5.27. The molecule has 2 aromatic carbocycles. The highest BCUT2D eigenvalue weighted by molar-refractivity contribution is 8.00. The van der Waals surface area contributed by atoms with Crippen molar-refractivity contribution in [1.29, 1.82) is 0 Å². The maximum Gasteiger partial charge on any atom is 0.159 e. The van der Waals surface area contributed by atoms with Gasteiger partial charge in [-0.1, -0.05) is 12.8 Å². The summed E-state index contributed by atoms with van der Waals surface area (Å²) in [5.41, 5.74) is 0.704. The third-order valence-electron chi connectivity index (χ3n) is 3.93. The van der Waals surface area contributed by atoms with Crippen molar-refractivity contribution in [2.45, 2.75) is 42.8 Å². The summed E-state index contributed by atoms with van der Waals surface area (Å²) in [6.45, 7) is 1.57. The molecule has 1 saturated carbocycles. The van der Waals surface area contributed by atoms with E-state index in [0.717, 1.165) is 16.7 Å². The van der Waals surface area contributed by atoms with Gasteiger partial charge >= 0.3 is 0 Å². The molecular formula is C19H20O2S. The van der Waals surface area contributed by atoms with Crippen LogP contribution in [0.25, 0.3) is 0 Å². The second kappa shape index (κ2) is 7.01. The van der Waals surface area contributed by atoms with Gasteiger partial charge in [0, 0.05) is 15.7 Å². The van der Waals surface area contributed by atoms with E-state index in [9.17, 15) is 4.79 Å². The first kappa shape index (κ1) is 15.2. The molecule has 0 aromatic heterocycles. The predicted molar refractivity (Wildman–Crippen MR) is 91.1 cm³/mol. The molecule has 3 rings (SSSR count). The summed E-state index contributed by atoms with van der Waals surface area (Å²) in [5, 5.41) is 0.783. The minimum Gasteiger partial charge on any atom is -0.457 e. The zero-order valence-corrected chi connectivity index (χ0v) is 13.6. The number of benzene rings is 2. The molecule has 114 valence electrons. The van der Waals surface area contributed by atoms with Crippen molar-refractivity contribution < 1.29 is 9.53 Å². The molecule has 1 aliphatic carbocycles. The largest absolute Gasteiger partial charge is 0.457 e. The van der Waals surface area contributed by atoms with Gasteiger partial charge in [0.25, 0.3) is 0 Å². The maximum atomic E-state index is 11.3. The number of Topliss-reactive ketones (excluding diaryl/α,β-unsaturated/α-hetero) is 1. The Morgan fingerprint density at radius 2 is 1.50 bits per heavy atom. The molecule has 0 aliphatic heterocycles. The Morgan fingerprint density at radius 1 is 0.955 bits per heavy atom. The maximum absolute atomic E-state index is 11.3. The predicted octanol–water partition coefficient (Wildman–Crippen LogP) is 5.72. The molecule has 3 heteroatoms. The van der Waals surface area contributed by atoms with E-state index >= 15 is 0 Å². The van der Waals surface area contributed by atoms with E-state index in [0.29, 0.717) is 5.56 Å². The zero-order valence-electron chi connectivity index (χ0n) is 12.7. The van der Waals surface area contributed by atoms with Crippen LogP contribution in [0.2, 0.25) is 0 Å². The number of thioether (sulfide) groups is 1. The topological polar surface area (TPSA) is 26.3 Å². The lowest BCUT2D eigenvalue weighted by Gasteiger charge is -2.10. The summed E-state index contributed by atoms with van der Waals surface area (Å²) in [6.07, 6.45) is 5.42. The Hall–Kier alpha value is -1.74. The highest BCUT2D eigenvalue weighted by atomic mass is 32.2. The van der Waals surface area contributed by atoms with Crippen LogP contribution >= 0.6 is 11.8 Å². The fourth-order valence-corrected chi connectivity index (χ4v) is 3.93. The first-order chi connectivity index (χ1) is 10.7. The zero-order chi connectivity index (χ0) is 15.4. The molecule has 0 bridgehead atoms. The Labute approximate surface area is 135 Å². The van der Waals surface area contributed by atoms with E-state index in [4.69, 9.17) is 4.74 Å². The molecule has 1 aliphatic rings. The average Bonchev–Trinajstić information content (AvgIpc) is 3.03. The highest BCUT2D eigenvalue weighted by Gasteiger charge is 2.15. The van der Waals surface area contributed by atoms with Crippen molar-refractivity contribution in [2.75, 3.05) is 0 Å². The molecule has 0 heterocycles. The van der Waals surface area contributed by atoms with Crippen LogP contribution in [0.15, 0.2) is 53.4 Å². The van der Waals surface area contributed by atoms with Crippen molar-refractivity contribution in [3.05, 3.63) is 54.1 Å². The van der Waals surface area contributed by atoms with Crippen molar-refractivity contribution in [3.8, 4) is 11.5 Å². The summed E-state index contributed by atoms with van der Waals surface area (Å²) in [4.78, 5) is 12.6. The molecule has 0 radical (unpaired) electrons. The third kappa shape index (κ3) is 3.92. The van der Waals surface area contributed by atoms with Crippen LogP contribution in [0.3, 0.4) is 0 Å². The van der Waals surface area contributed by atoms with E-state index in [1.807, 2.05) is 36.0 Å². The Morgan fingerprint density at radius 3 is 2.05 bits per heavy atom. The van der Waals surface area contributed by atoms with Crippen LogP contribution in [0.1, 0.15) is 43.0 Å². The molecule has 0 unspecified atom stereocenters. The lowest BCUT2D eigenvalue weighted by atomic mass is 10.1. The van der Waals surface area contributed by atoms with E-state index in [-0.39, 0.29) is 5.78 Å². The Bertz CT molecular complexity index is 625. The van der Waals surface area contributed by atoms with Crippen LogP contribution in [0, 0.1) is 0 Å². The molecular weight excluding hydrogens is 292 g/mol. The van der Waals surface area contributed by atoms with E-state index in [1.165, 1.54) is 30.6 Å². The van der Waals surface area contributed by atoms with Gasteiger partial charge in [0.1, 0.15) is 11.5 Å². The van der Waals surface area contributed by atoms with Crippen molar-refractivity contribution in [2.24, 2.45) is 0 Å². The summed E-state index contributed by atoms with van der Waals surface area (Å²) in [7, 11) is 0. The second-order valence-corrected chi connectivity index (χ2v) is 7.05. The fraction of sp³-hybridized carbons (Fsp3) is 0.316. The van der Waals surface area contributed by atoms with Gasteiger partial charge in [-0.15, -0.1) is 11.8 Å². The van der Waals surface area contributed by atoms with E-state index in [1.54, 1.807) is 19.1 Å². The van der Waals surface area contributed by atoms with Crippen LogP contribution in [-0.2, 0) is 0 Å². The van der Waals surface area contributed by atoms with Gasteiger partial charge in [0.05, 0.1) is 0 Å². The van der Waals surface area contributed by atoms with Crippen molar-refractivity contribution in [3.63, 3.8) is 0 Å². The van der Waals surface area contributed by atoms with Crippen LogP contribution in [-0.4, -0.2) is 11.0 Å². The van der Waals surface area contributed by atoms with Gasteiger partial charge in [-0.2, -0.15) is 0 Å². The van der Waals surface area contributed by atoms with Gasteiger partial charge in [-0.05, 0) is 68.3 Å².